The van der Waals surface area contributed by atoms with Crippen molar-refractivity contribution in [1.82, 2.24) is 15.2 Å². The third kappa shape index (κ3) is 7.04. The van der Waals surface area contributed by atoms with Crippen LogP contribution in [0.2, 0.25) is 0 Å². The normalized spacial score (nSPS) is 24.2. The van der Waals surface area contributed by atoms with Crippen molar-refractivity contribution in [3.05, 3.63) is 23.9 Å². The third-order valence-corrected chi connectivity index (χ3v) is 6.34. The van der Waals surface area contributed by atoms with Crippen LogP contribution < -0.4 is 10.1 Å². The van der Waals surface area contributed by atoms with E-state index < -0.39 is 12.1 Å². The molecule has 2 saturated carbocycles. The minimum Gasteiger partial charge on any atom is -0.481 e. The second kappa shape index (κ2) is 10.7. The van der Waals surface area contributed by atoms with Gasteiger partial charge in [-0.2, -0.15) is 13.2 Å². The van der Waals surface area contributed by atoms with Crippen LogP contribution in [0.15, 0.2) is 18.3 Å². The molecule has 1 aliphatic heterocycles. The van der Waals surface area contributed by atoms with Crippen molar-refractivity contribution in [2.75, 3.05) is 20.2 Å². The molecule has 2 aliphatic carbocycles. The molecule has 1 saturated heterocycles. The van der Waals surface area contributed by atoms with Gasteiger partial charge < -0.3 is 25.2 Å². The van der Waals surface area contributed by atoms with Gasteiger partial charge in [-0.3, -0.25) is 4.79 Å². The molecule has 3 N–H and O–H groups in total. The molecule has 0 bridgehead atoms. The molecule has 11 heteroatoms. The number of amides is 1. The van der Waals surface area contributed by atoms with Crippen molar-refractivity contribution in [3.63, 3.8) is 0 Å². The molecule has 0 aromatic carbocycles. The SMILES string of the molecule is COc1ccc(C(NC2CCN(C(=O)C3CC3)CC2)C2CC(O)C2)cn1.O=C(O)C(F)(F)F. The zero-order valence-corrected chi connectivity index (χ0v) is 18.4. The number of aliphatic carboxylic acids is 1. The van der Waals surface area contributed by atoms with E-state index in [1.165, 1.54) is 0 Å². The molecule has 4 rings (SSSR count). The number of nitrogens with one attached hydrogen (secondary N) is 1. The lowest BCUT2D eigenvalue weighted by atomic mass is 9.75. The molecule has 1 amide bonds. The van der Waals surface area contributed by atoms with Gasteiger partial charge in [-0.1, -0.05) is 6.07 Å². The Morgan fingerprint density at radius 1 is 1.18 bits per heavy atom. The summed E-state index contributed by atoms with van der Waals surface area (Å²) in [5, 5.41) is 20.7. The number of aliphatic hydroxyl groups is 1. The van der Waals surface area contributed by atoms with Gasteiger partial charge in [0.15, 0.2) is 0 Å². The quantitative estimate of drug-likeness (QED) is 0.582. The van der Waals surface area contributed by atoms with Crippen molar-refractivity contribution in [2.45, 2.75) is 62.9 Å². The van der Waals surface area contributed by atoms with E-state index in [9.17, 15) is 23.1 Å². The fourth-order valence-corrected chi connectivity index (χ4v) is 4.21. The lowest BCUT2D eigenvalue weighted by molar-refractivity contribution is -0.192. The van der Waals surface area contributed by atoms with Crippen molar-refractivity contribution in [1.29, 1.82) is 0 Å². The van der Waals surface area contributed by atoms with E-state index in [1.54, 1.807) is 7.11 Å². The maximum Gasteiger partial charge on any atom is 0.490 e. The van der Waals surface area contributed by atoms with Crippen LogP contribution in [0.5, 0.6) is 5.88 Å². The van der Waals surface area contributed by atoms with Crippen LogP contribution in [-0.4, -0.2) is 70.5 Å². The van der Waals surface area contributed by atoms with Gasteiger partial charge in [0.05, 0.1) is 13.2 Å². The number of alkyl halides is 3. The number of nitrogens with zero attached hydrogens (tertiary/aromatic N) is 2. The monoisotopic (exact) mass is 473 g/mol. The third-order valence-electron chi connectivity index (χ3n) is 6.34. The predicted molar refractivity (Wildman–Crippen MR) is 111 cm³/mol. The van der Waals surface area contributed by atoms with E-state index in [0.717, 1.165) is 57.2 Å². The van der Waals surface area contributed by atoms with Gasteiger partial charge in [0.2, 0.25) is 11.8 Å². The number of carbonyl (C=O) groups excluding carboxylic acids is 1. The number of methoxy groups -OCH3 is 1. The number of carboxylic acids is 1. The average Bonchev–Trinajstić information content (AvgIpc) is 3.61. The van der Waals surface area contributed by atoms with Crippen LogP contribution in [0.25, 0.3) is 0 Å². The first-order chi connectivity index (χ1) is 15.6. The Bertz CT molecular complexity index is 802. The molecule has 1 aromatic heterocycles. The lowest BCUT2D eigenvalue weighted by Crippen LogP contribution is -2.49. The second-order valence-electron chi connectivity index (χ2n) is 8.84. The number of rotatable bonds is 6. The molecule has 3 fully saturated rings. The van der Waals surface area contributed by atoms with E-state index in [1.807, 2.05) is 17.2 Å². The van der Waals surface area contributed by atoms with Gasteiger partial charge >= 0.3 is 12.1 Å². The first-order valence-electron chi connectivity index (χ1n) is 11.1. The molecule has 184 valence electrons. The number of aromatic nitrogens is 1. The van der Waals surface area contributed by atoms with Crippen LogP contribution in [0.1, 0.15) is 50.1 Å². The Kier molecular flexibility index (Phi) is 8.17. The molecule has 3 aliphatic rings. The molecular weight excluding hydrogens is 443 g/mol. The first kappa shape index (κ1) is 25.2. The van der Waals surface area contributed by atoms with Crippen molar-refractivity contribution in [2.24, 2.45) is 11.8 Å². The highest BCUT2D eigenvalue weighted by molar-refractivity contribution is 5.81. The minimum absolute atomic E-state index is 0.173. The van der Waals surface area contributed by atoms with Gasteiger partial charge in [-0.25, -0.2) is 9.78 Å². The van der Waals surface area contributed by atoms with Crippen LogP contribution in [-0.2, 0) is 9.59 Å². The maximum atomic E-state index is 12.2. The average molecular weight is 473 g/mol. The number of hydrogen-bond donors (Lipinski definition) is 3. The smallest absolute Gasteiger partial charge is 0.481 e. The number of likely N-dealkylation sites (tertiary alicyclic amines) is 1. The highest BCUT2D eigenvalue weighted by Crippen LogP contribution is 2.39. The number of carboxylic acid groups (broad SMARTS) is 1. The number of carbonyl (C=O) groups is 2. The number of aliphatic hydroxyl groups excluding tert-OH is 1. The van der Waals surface area contributed by atoms with Gasteiger partial charge in [-0.15, -0.1) is 0 Å². The molecule has 2 heterocycles. The molecule has 1 atom stereocenters. The molecule has 0 radical (unpaired) electrons. The summed E-state index contributed by atoms with van der Waals surface area (Å²) < 4.78 is 36.9. The Balaban J connectivity index is 0.000000383. The maximum absolute atomic E-state index is 12.2. The predicted octanol–water partition coefficient (Wildman–Crippen LogP) is 2.53. The summed E-state index contributed by atoms with van der Waals surface area (Å²) in [6.45, 7) is 1.71. The van der Waals surface area contributed by atoms with Crippen molar-refractivity contribution < 1.29 is 37.7 Å². The molecule has 0 spiro atoms. The van der Waals surface area contributed by atoms with Crippen LogP contribution in [0.4, 0.5) is 13.2 Å². The first-order valence-corrected chi connectivity index (χ1v) is 11.1. The Morgan fingerprint density at radius 3 is 2.21 bits per heavy atom. The van der Waals surface area contributed by atoms with Crippen molar-refractivity contribution >= 4 is 11.9 Å². The summed E-state index contributed by atoms with van der Waals surface area (Å²) in [4.78, 5) is 27.5. The summed E-state index contributed by atoms with van der Waals surface area (Å²) in [6.07, 6.45) is 2.44. The van der Waals surface area contributed by atoms with Crippen molar-refractivity contribution in [3.8, 4) is 5.88 Å². The highest BCUT2D eigenvalue weighted by Gasteiger charge is 2.39. The summed E-state index contributed by atoms with van der Waals surface area (Å²) in [6, 6.07) is 4.58. The number of hydrogen-bond acceptors (Lipinski definition) is 6. The highest BCUT2D eigenvalue weighted by atomic mass is 19.4. The summed E-state index contributed by atoms with van der Waals surface area (Å²) in [5.41, 5.74) is 1.15. The molecule has 1 aromatic rings. The Hall–Kier alpha value is -2.40. The zero-order valence-electron chi connectivity index (χ0n) is 18.4. The van der Waals surface area contributed by atoms with Gasteiger partial charge in [0, 0.05) is 43.4 Å². The minimum atomic E-state index is -5.08. The largest absolute Gasteiger partial charge is 0.490 e. The summed E-state index contributed by atoms with van der Waals surface area (Å²) >= 11 is 0. The van der Waals surface area contributed by atoms with E-state index in [0.29, 0.717) is 29.7 Å². The van der Waals surface area contributed by atoms with E-state index >= 15 is 0 Å². The van der Waals surface area contributed by atoms with Crippen LogP contribution in [0.3, 0.4) is 0 Å². The molecular formula is C22H30F3N3O5. The molecule has 8 nitrogen and oxygen atoms in total. The van der Waals surface area contributed by atoms with Gasteiger partial charge in [-0.05, 0) is 50.0 Å². The van der Waals surface area contributed by atoms with Gasteiger partial charge in [0.25, 0.3) is 0 Å². The second-order valence-corrected chi connectivity index (χ2v) is 8.84. The fourth-order valence-electron chi connectivity index (χ4n) is 4.21. The molecule has 1 unspecified atom stereocenters. The van der Waals surface area contributed by atoms with Crippen LogP contribution >= 0.6 is 0 Å². The number of pyridine rings is 1. The standard InChI is InChI=1S/C20H29N3O3.C2HF3O2/c1-26-18-5-4-14(12-21-18)19(15-10-17(24)11-15)22-16-6-8-23(9-7-16)20(25)13-2-3-13;3-2(4,5)1(6)7/h4-5,12-13,15-17,19,22,24H,2-3,6-11H2,1H3;(H,6,7). The van der Waals surface area contributed by atoms with Crippen LogP contribution in [0, 0.1) is 11.8 Å². The lowest BCUT2D eigenvalue weighted by Gasteiger charge is -2.41. The number of piperidine rings is 1. The van der Waals surface area contributed by atoms with E-state index in [4.69, 9.17) is 14.6 Å². The topological polar surface area (TPSA) is 112 Å². The fraction of sp³-hybridized carbons (Fsp3) is 0.682. The Labute approximate surface area is 190 Å². The van der Waals surface area contributed by atoms with Gasteiger partial charge in [0.1, 0.15) is 0 Å². The van der Waals surface area contributed by atoms with E-state index in [2.05, 4.69) is 16.4 Å². The number of ether oxygens (including phenoxy) is 1. The van der Waals surface area contributed by atoms with E-state index in [-0.39, 0.29) is 12.1 Å². The summed E-state index contributed by atoms with van der Waals surface area (Å²) in [5.74, 6) is -1.03. The Morgan fingerprint density at radius 2 is 1.79 bits per heavy atom. The zero-order chi connectivity index (χ0) is 24.2. The molecule has 33 heavy (non-hydrogen) atoms. The summed E-state index contributed by atoms with van der Waals surface area (Å²) in [7, 11) is 1.62. The number of halogens is 3.